The molecule has 0 radical (unpaired) electrons. The van der Waals surface area contributed by atoms with Gasteiger partial charge < -0.3 is 14.5 Å². The van der Waals surface area contributed by atoms with Crippen LogP contribution in [0, 0.1) is 11.3 Å². The molecule has 9 heteroatoms. The number of amides is 1. The lowest BCUT2D eigenvalue weighted by atomic mass is 9.92. The number of hydrogen-bond acceptors (Lipinski definition) is 6. The van der Waals surface area contributed by atoms with Crippen LogP contribution in [-0.4, -0.2) is 71.1 Å². The molecule has 4 aromatic rings. The number of nitriles is 1. The van der Waals surface area contributed by atoms with E-state index in [4.69, 9.17) is 32.9 Å². The van der Waals surface area contributed by atoms with Crippen LogP contribution in [0.1, 0.15) is 37.7 Å². The number of aromatic nitrogens is 1. The third kappa shape index (κ3) is 4.41. The number of rotatable bonds is 6. The molecule has 4 saturated heterocycles. The predicted octanol–water partition coefficient (Wildman–Crippen LogP) is 7.22. The van der Waals surface area contributed by atoms with Gasteiger partial charge in [0.1, 0.15) is 18.2 Å². The summed E-state index contributed by atoms with van der Waals surface area (Å²) in [4.78, 5) is 24.3. The molecule has 0 spiro atoms. The molecular weight excluding hydrogens is 605 g/mol. The molecule has 1 amide bonds. The van der Waals surface area contributed by atoms with Gasteiger partial charge in [-0.05, 0) is 80.4 Å². The number of fused-ring (bicyclic) bond motifs is 4. The van der Waals surface area contributed by atoms with Crippen LogP contribution < -0.4 is 9.64 Å². The number of nitrogens with zero attached hydrogens (tertiary/aromatic N) is 5. The first-order valence-electron chi connectivity index (χ1n) is 15.7. The number of carbonyl (C=O) groups is 1. The van der Waals surface area contributed by atoms with Crippen molar-refractivity contribution in [2.75, 3.05) is 37.7 Å². The fourth-order valence-corrected chi connectivity index (χ4v) is 8.96. The van der Waals surface area contributed by atoms with Gasteiger partial charge in [-0.1, -0.05) is 60.1 Å². The molecule has 4 aliphatic rings. The highest BCUT2D eigenvalue weighted by Crippen LogP contribution is 2.47. The molecule has 228 valence electrons. The Balaban J connectivity index is 1.28. The first-order valence-corrected chi connectivity index (χ1v) is 16.5. The molecule has 4 aliphatic heterocycles. The Labute approximate surface area is 272 Å². The molecule has 0 aliphatic carbocycles. The lowest BCUT2D eigenvalue weighted by molar-refractivity contribution is -0.127. The normalized spacial score (nSPS) is 21.9. The van der Waals surface area contributed by atoms with E-state index in [0.29, 0.717) is 46.7 Å². The van der Waals surface area contributed by atoms with Crippen LogP contribution in [0.15, 0.2) is 61.2 Å². The van der Waals surface area contributed by atoms with Gasteiger partial charge in [-0.3, -0.25) is 9.69 Å². The molecule has 8 rings (SSSR count). The summed E-state index contributed by atoms with van der Waals surface area (Å²) in [6.45, 7) is 7.67. The zero-order valence-electron chi connectivity index (χ0n) is 24.9. The van der Waals surface area contributed by atoms with Crippen LogP contribution in [0.2, 0.25) is 10.0 Å². The highest BCUT2D eigenvalue weighted by Gasteiger charge is 2.50. The summed E-state index contributed by atoms with van der Waals surface area (Å²) < 4.78 is 6.60. The van der Waals surface area contributed by atoms with E-state index < -0.39 is 0 Å². The molecule has 0 unspecified atom stereocenters. The molecule has 45 heavy (non-hydrogen) atoms. The second kappa shape index (κ2) is 10.9. The van der Waals surface area contributed by atoms with Gasteiger partial charge in [0.15, 0.2) is 0 Å². The van der Waals surface area contributed by atoms with Gasteiger partial charge in [0.2, 0.25) is 11.8 Å². The molecule has 7 nitrogen and oxygen atoms in total. The van der Waals surface area contributed by atoms with Crippen LogP contribution in [0.4, 0.5) is 5.69 Å². The lowest BCUT2D eigenvalue weighted by Crippen LogP contribution is -2.63. The van der Waals surface area contributed by atoms with Crippen molar-refractivity contribution >= 4 is 56.5 Å². The lowest BCUT2D eigenvalue weighted by Gasteiger charge is -2.48. The molecule has 4 fully saturated rings. The number of carbonyl (C=O) groups excluding carboxylic acids is 1. The first kappa shape index (κ1) is 28.6. The maximum atomic E-state index is 12.5. The van der Waals surface area contributed by atoms with Crippen molar-refractivity contribution in [1.29, 1.82) is 5.26 Å². The van der Waals surface area contributed by atoms with Crippen molar-refractivity contribution in [3.63, 3.8) is 0 Å². The van der Waals surface area contributed by atoms with E-state index in [1.807, 2.05) is 53.4 Å². The highest BCUT2D eigenvalue weighted by molar-refractivity contribution is 6.38. The van der Waals surface area contributed by atoms with E-state index in [9.17, 15) is 10.1 Å². The second-order valence-corrected chi connectivity index (χ2v) is 13.6. The standard InChI is InChI=1S/C36H33Cl2N5O2/c1-2-32(44)42-16-11-30-31(42)20-43(30)34-25-17-28(38)24(23-9-3-7-22-8-4-10-27(37)33(22)23)18-29(25)40-35(26(34)19-39)45-21-36-12-5-14-41(36)15-6-13-36/h2-4,7-10,17-18,30-31H,1,5-6,11-16,20-21H2/t30-,31-/m1/s1. The molecule has 3 aromatic carbocycles. The summed E-state index contributed by atoms with van der Waals surface area (Å²) >= 11 is 13.8. The van der Waals surface area contributed by atoms with Crippen molar-refractivity contribution in [2.24, 2.45) is 0 Å². The van der Waals surface area contributed by atoms with Gasteiger partial charge in [-0.15, -0.1) is 0 Å². The number of hydrogen-bond donors (Lipinski definition) is 0. The highest BCUT2D eigenvalue weighted by atomic mass is 35.5. The molecule has 0 N–H and O–H groups in total. The van der Waals surface area contributed by atoms with Crippen molar-refractivity contribution in [2.45, 2.75) is 49.7 Å². The Hall–Kier alpha value is -3.83. The summed E-state index contributed by atoms with van der Waals surface area (Å²) in [7, 11) is 0. The van der Waals surface area contributed by atoms with Gasteiger partial charge in [0, 0.05) is 39.5 Å². The van der Waals surface area contributed by atoms with E-state index >= 15 is 0 Å². The zero-order valence-corrected chi connectivity index (χ0v) is 26.4. The average molecular weight is 639 g/mol. The number of pyridine rings is 1. The van der Waals surface area contributed by atoms with Gasteiger partial charge in [0.25, 0.3) is 0 Å². The SMILES string of the molecule is C=CC(=O)N1CC[C@@H]2[C@H]1CN2c1c(C#N)c(OCC23CCCN2CCC3)nc2cc(-c3cccc4cccc(Cl)c34)c(Cl)cc12. The number of benzene rings is 3. The van der Waals surface area contributed by atoms with Crippen LogP contribution in [0.3, 0.4) is 0 Å². The molecule has 0 saturated carbocycles. The van der Waals surface area contributed by atoms with E-state index in [1.165, 1.54) is 6.08 Å². The number of ether oxygens (including phenoxy) is 1. The largest absolute Gasteiger partial charge is 0.475 e. The third-order valence-corrected chi connectivity index (χ3v) is 11.2. The van der Waals surface area contributed by atoms with E-state index in [0.717, 1.165) is 78.2 Å². The van der Waals surface area contributed by atoms with E-state index in [1.54, 1.807) is 0 Å². The molecule has 5 heterocycles. The Morgan fingerprint density at radius 1 is 1.07 bits per heavy atom. The Bertz CT molecular complexity index is 1920. The Morgan fingerprint density at radius 3 is 2.60 bits per heavy atom. The van der Waals surface area contributed by atoms with Crippen LogP contribution in [0.5, 0.6) is 5.88 Å². The molecule has 2 atom stereocenters. The number of anilines is 1. The topological polar surface area (TPSA) is 72.7 Å². The van der Waals surface area contributed by atoms with Crippen molar-refractivity contribution in [3.8, 4) is 23.1 Å². The summed E-state index contributed by atoms with van der Waals surface area (Å²) in [6, 6.07) is 18.5. The minimum Gasteiger partial charge on any atom is -0.475 e. The average Bonchev–Trinajstić information content (AvgIpc) is 3.72. The third-order valence-electron chi connectivity index (χ3n) is 10.6. The minimum atomic E-state index is -0.0513. The zero-order chi connectivity index (χ0) is 30.9. The quantitative estimate of drug-likeness (QED) is 0.208. The summed E-state index contributed by atoms with van der Waals surface area (Å²) in [5, 5.41) is 14.6. The summed E-state index contributed by atoms with van der Waals surface area (Å²) in [5.41, 5.74) is 3.65. The molecule has 1 aromatic heterocycles. The fraction of sp³-hybridized carbons (Fsp3) is 0.361. The minimum absolute atomic E-state index is 0.00718. The number of halogens is 2. The molecule has 0 bridgehead atoms. The van der Waals surface area contributed by atoms with E-state index in [-0.39, 0.29) is 23.5 Å². The Kier molecular flexibility index (Phi) is 6.94. The van der Waals surface area contributed by atoms with Crippen LogP contribution >= 0.6 is 23.2 Å². The van der Waals surface area contributed by atoms with Gasteiger partial charge >= 0.3 is 0 Å². The number of likely N-dealkylation sites (tertiary alicyclic amines) is 1. The van der Waals surface area contributed by atoms with Gasteiger partial charge in [0.05, 0.1) is 28.8 Å². The Morgan fingerprint density at radius 2 is 1.84 bits per heavy atom. The molecular formula is C36H33Cl2N5O2. The predicted molar refractivity (Wildman–Crippen MR) is 179 cm³/mol. The van der Waals surface area contributed by atoms with Crippen molar-refractivity contribution in [1.82, 2.24) is 14.8 Å². The summed E-state index contributed by atoms with van der Waals surface area (Å²) in [5.74, 6) is 0.308. The van der Waals surface area contributed by atoms with Gasteiger partial charge in [-0.2, -0.15) is 5.26 Å². The maximum Gasteiger partial charge on any atom is 0.246 e. The second-order valence-electron chi connectivity index (χ2n) is 12.8. The van der Waals surface area contributed by atoms with E-state index in [2.05, 4.69) is 22.4 Å². The maximum absolute atomic E-state index is 12.5. The van der Waals surface area contributed by atoms with Crippen LogP contribution in [-0.2, 0) is 4.79 Å². The smallest absolute Gasteiger partial charge is 0.246 e. The van der Waals surface area contributed by atoms with Gasteiger partial charge in [-0.25, -0.2) is 4.98 Å². The van der Waals surface area contributed by atoms with Crippen LogP contribution in [0.25, 0.3) is 32.8 Å². The fourth-order valence-electron chi connectivity index (χ4n) is 8.41. The summed E-state index contributed by atoms with van der Waals surface area (Å²) in [6.07, 6.45) is 6.72. The van der Waals surface area contributed by atoms with Crippen molar-refractivity contribution < 1.29 is 9.53 Å². The van der Waals surface area contributed by atoms with Crippen molar-refractivity contribution in [3.05, 3.63) is 76.8 Å². The monoisotopic (exact) mass is 637 g/mol. The first-order chi connectivity index (χ1) is 21.9.